The van der Waals surface area contributed by atoms with Crippen LogP contribution in [0.2, 0.25) is 0 Å². The number of likely N-dealkylation sites (tertiary alicyclic amines) is 1. The number of amides is 2. The highest BCUT2D eigenvalue weighted by Gasteiger charge is 2.50. The Kier molecular flexibility index (Phi) is 6.29. The predicted molar refractivity (Wildman–Crippen MR) is 123 cm³/mol. The first kappa shape index (κ1) is 22.4. The fourth-order valence-electron chi connectivity index (χ4n) is 5.42. The van der Waals surface area contributed by atoms with Gasteiger partial charge in [0.1, 0.15) is 5.82 Å². The van der Waals surface area contributed by atoms with Gasteiger partial charge in [-0.1, -0.05) is 12.1 Å². The van der Waals surface area contributed by atoms with E-state index in [-0.39, 0.29) is 23.3 Å². The molecule has 2 aliphatic rings. The quantitative estimate of drug-likeness (QED) is 0.719. The summed E-state index contributed by atoms with van der Waals surface area (Å²) in [6.45, 7) is 2.71. The van der Waals surface area contributed by atoms with E-state index in [1.165, 1.54) is 11.6 Å². The molecule has 2 aromatic rings. The number of likely N-dealkylation sites (N-methyl/N-ethyl adjacent to an activating group) is 1. The van der Waals surface area contributed by atoms with E-state index in [0.29, 0.717) is 17.3 Å². The van der Waals surface area contributed by atoms with E-state index in [2.05, 4.69) is 34.7 Å². The van der Waals surface area contributed by atoms with Crippen LogP contribution in [-0.2, 0) is 5.41 Å². The number of aryl methyl sites for hydroxylation is 1. The highest BCUT2D eigenvalue weighted by Crippen LogP contribution is 2.49. The average molecular weight is 442 g/mol. The Morgan fingerprint density at radius 1 is 1.12 bits per heavy atom. The second-order valence-corrected chi connectivity index (χ2v) is 9.01. The molecule has 1 heterocycles. The summed E-state index contributed by atoms with van der Waals surface area (Å²) in [4.78, 5) is 15.0. The third-order valence-corrected chi connectivity index (χ3v) is 7.25. The highest BCUT2D eigenvalue weighted by molar-refractivity contribution is 5.89. The van der Waals surface area contributed by atoms with Gasteiger partial charge in [0.2, 0.25) is 0 Å². The molecule has 2 N–H and O–H groups in total. The van der Waals surface area contributed by atoms with E-state index in [9.17, 15) is 9.18 Å². The number of anilines is 1. The summed E-state index contributed by atoms with van der Waals surface area (Å²) in [6.07, 6.45) is 3.79. The molecule has 2 amide bonds. The van der Waals surface area contributed by atoms with Crippen molar-refractivity contribution in [2.24, 2.45) is 0 Å². The van der Waals surface area contributed by atoms with Crippen LogP contribution >= 0.6 is 0 Å². The molecular formula is C25H32FN3O3. The number of halogens is 1. The molecule has 0 radical (unpaired) electrons. The molecule has 2 fully saturated rings. The second-order valence-electron chi connectivity index (χ2n) is 9.01. The van der Waals surface area contributed by atoms with Gasteiger partial charge in [0.25, 0.3) is 0 Å². The number of nitrogens with one attached hydrogen (secondary N) is 2. The minimum atomic E-state index is -0.326. The van der Waals surface area contributed by atoms with Crippen molar-refractivity contribution in [3.05, 3.63) is 53.3 Å². The molecule has 0 spiro atoms. The summed E-state index contributed by atoms with van der Waals surface area (Å²) < 4.78 is 24.8. The molecule has 0 unspecified atom stereocenters. The fraction of sp³-hybridized carbons (Fsp3) is 0.480. The molecule has 32 heavy (non-hydrogen) atoms. The molecule has 7 heteroatoms. The zero-order chi connectivity index (χ0) is 22.9. The van der Waals surface area contributed by atoms with E-state index < -0.39 is 0 Å². The molecule has 1 aliphatic heterocycles. The Hall–Kier alpha value is -2.80. The number of hydrogen-bond acceptors (Lipinski definition) is 4. The Labute approximate surface area is 189 Å². The van der Waals surface area contributed by atoms with E-state index in [0.717, 1.165) is 43.7 Å². The summed E-state index contributed by atoms with van der Waals surface area (Å²) in [5, 5.41) is 5.86. The Balaban J connectivity index is 1.47. The molecule has 0 bridgehead atoms. The van der Waals surface area contributed by atoms with Crippen LogP contribution in [0.3, 0.4) is 0 Å². The van der Waals surface area contributed by atoms with Crippen LogP contribution in [0, 0.1) is 12.7 Å². The lowest BCUT2D eigenvalue weighted by atomic mass is 9.65. The number of methoxy groups -OCH3 is 2. The van der Waals surface area contributed by atoms with Gasteiger partial charge in [-0.2, -0.15) is 0 Å². The van der Waals surface area contributed by atoms with Crippen LogP contribution in [-0.4, -0.2) is 50.8 Å². The van der Waals surface area contributed by atoms with Crippen LogP contribution in [0.5, 0.6) is 11.5 Å². The zero-order valence-corrected chi connectivity index (χ0v) is 19.2. The van der Waals surface area contributed by atoms with Gasteiger partial charge in [-0.05, 0) is 81.6 Å². The van der Waals surface area contributed by atoms with Gasteiger partial charge < -0.3 is 25.0 Å². The number of fused-ring (bicyclic) bond motifs is 1. The van der Waals surface area contributed by atoms with Crippen LogP contribution < -0.4 is 20.1 Å². The molecule has 0 aromatic heterocycles. The molecule has 1 saturated carbocycles. The van der Waals surface area contributed by atoms with Gasteiger partial charge in [0.05, 0.1) is 14.2 Å². The van der Waals surface area contributed by atoms with Crippen molar-refractivity contribution in [2.75, 3.05) is 33.1 Å². The first-order valence-electron chi connectivity index (χ1n) is 11.1. The van der Waals surface area contributed by atoms with Crippen molar-refractivity contribution in [1.29, 1.82) is 0 Å². The van der Waals surface area contributed by atoms with Gasteiger partial charge >= 0.3 is 6.03 Å². The van der Waals surface area contributed by atoms with Crippen LogP contribution in [0.4, 0.5) is 14.9 Å². The smallest absolute Gasteiger partial charge is 0.319 e. The van der Waals surface area contributed by atoms with E-state index >= 15 is 0 Å². The van der Waals surface area contributed by atoms with Crippen LogP contribution in [0.1, 0.15) is 36.8 Å². The lowest BCUT2D eigenvalue weighted by molar-refractivity contribution is 0.156. The number of hydrogen-bond donors (Lipinski definition) is 2. The van der Waals surface area contributed by atoms with Gasteiger partial charge in [0.15, 0.2) is 11.5 Å². The summed E-state index contributed by atoms with van der Waals surface area (Å²) >= 11 is 0. The SMILES string of the molecule is COc1ccc([C@@]23CC[C@H](NC(=O)Nc4ccc(C)c(F)c4)C[C@H]2N(C)CC3)cc1OC. The molecule has 1 saturated heterocycles. The monoisotopic (exact) mass is 441 g/mol. The number of urea groups is 1. The molecule has 1 aliphatic carbocycles. The topological polar surface area (TPSA) is 62.8 Å². The molecule has 2 aromatic carbocycles. The van der Waals surface area contributed by atoms with Crippen molar-refractivity contribution in [1.82, 2.24) is 10.2 Å². The van der Waals surface area contributed by atoms with Crippen molar-refractivity contribution in [3.8, 4) is 11.5 Å². The molecular weight excluding hydrogens is 409 g/mol. The third kappa shape index (κ3) is 4.13. The average Bonchev–Trinajstić information content (AvgIpc) is 3.13. The number of rotatable bonds is 5. The van der Waals surface area contributed by atoms with Crippen molar-refractivity contribution >= 4 is 11.7 Å². The highest BCUT2D eigenvalue weighted by atomic mass is 19.1. The van der Waals surface area contributed by atoms with Crippen molar-refractivity contribution < 1.29 is 18.7 Å². The summed E-state index contributed by atoms with van der Waals surface area (Å²) in [5.74, 6) is 1.15. The van der Waals surface area contributed by atoms with Crippen LogP contribution in [0.15, 0.2) is 36.4 Å². The standard InChI is InChI=1S/C25H32FN3O3/c1-16-5-7-18(14-20(16)26)27-24(30)28-19-9-10-25(11-12-29(2)23(25)15-19)17-6-8-21(31-3)22(13-17)32-4/h5-8,13-14,19,23H,9-12,15H2,1-4H3,(H2,27,28,30)/t19-,23+,25-/m0/s1. The molecule has 172 valence electrons. The minimum absolute atomic E-state index is 0.0308. The number of carbonyl (C=O) groups excluding carboxylic acids is 1. The van der Waals surface area contributed by atoms with Gasteiger partial charge in [-0.3, -0.25) is 0 Å². The Morgan fingerprint density at radius 3 is 2.62 bits per heavy atom. The maximum Gasteiger partial charge on any atom is 0.319 e. The van der Waals surface area contributed by atoms with Gasteiger partial charge in [-0.25, -0.2) is 9.18 Å². The first-order chi connectivity index (χ1) is 15.4. The third-order valence-electron chi connectivity index (χ3n) is 7.25. The number of ether oxygens (including phenoxy) is 2. The van der Waals surface area contributed by atoms with E-state index in [1.807, 2.05) is 6.07 Å². The van der Waals surface area contributed by atoms with Gasteiger partial charge in [0, 0.05) is 23.2 Å². The Morgan fingerprint density at radius 2 is 1.91 bits per heavy atom. The lowest BCUT2D eigenvalue weighted by Crippen LogP contribution is -2.52. The number of carbonyl (C=O) groups is 1. The lowest BCUT2D eigenvalue weighted by Gasteiger charge is -2.45. The normalized spacial score (nSPS) is 25.2. The minimum Gasteiger partial charge on any atom is -0.493 e. The van der Waals surface area contributed by atoms with E-state index in [1.54, 1.807) is 33.3 Å². The molecule has 4 rings (SSSR count). The number of nitrogens with zero attached hydrogens (tertiary/aromatic N) is 1. The Bertz CT molecular complexity index is 998. The van der Waals surface area contributed by atoms with Crippen molar-refractivity contribution in [2.45, 2.75) is 50.1 Å². The molecule has 3 atom stereocenters. The maximum atomic E-state index is 13.8. The largest absolute Gasteiger partial charge is 0.493 e. The van der Waals surface area contributed by atoms with E-state index in [4.69, 9.17) is 9.47 Å². The summed E-state index contributed by atoms with van der Waals surface area (Å²) in [7, 11) is 5.47. The second kappa shape index (κ2) is 8.98. The maximum absolute atomic E-state index is 13.8. The van der Waals surface area contributed by atoms with Gasteiger partial charge in [-0.15, -0.1) is 0 Å². The number of benzene rings is 2. The van der Waals surface area contributed by atoms with Crippen molar-refractivity contribution in [3.63, 3.8) is 0 Å². The zero-order valence-electron chi connectivity index (χ0n) is 19.2. The molecule has 6 nitrogen and oxygen atoms in total. The first-order valence-corrected chi connectivity index (χ1v) is 11.1. The van der Waals surface area contributed by atoms with Crippen LogP contribution in [0.25, 0.3) is 0 Å². The predicted octanol–water partition coefficient (Wildman–Crippen LogP) is 4.47. The fourth-order valence-corrected chi connectivity index (χ4v) is 5.42. The summed E-state index contributed by atoms with van der Waals surface area (Å²) in [6, 6.07) is 11.1. The summed E-state index contributed by atoms with van der Waals surface area (Å²) in [5.41, 5.74) is 2.31.